The number of halogens is 2. The molecule has 0 aliphatic carbocycles. The van der Waals surface area contributed by atoms with E-state index in [2.05, 4.69) is 14.8 Å². The van der Waals surface area contributed by atoms with Gasteiger partial charge < -0.3 is 14.8 Å². The highest BCUT2D eigenvalue weighted by molar-refractivity contribution is 7.89. The van der Waals surface area contributed by atoms with Gasteiger partial charge in [0.15, 0.2) is 11.5 Å². The van der Waals surface area contributed by atoms with E-state index in [4.69, 9.17) is 4.74 Å². The Labute approximate surface area is 168 Å². The summed E-state index contributed by atoms with van der Waals surface area (Å²) in [7, 11) is -2.32. The van der Waals surface area contributed by atoms with E-state index in [0.29, 0.717) is 12.0 Å². The molecule has 0 radical (unpaired) electrons. The lowest BCUT2D eigenvalue weighted by atomic mass is 10.1. The van der Waals surface area contributed by atoms with Crippen LogP contribution in [-0.2, 0) is 16.4 Å². The first kappa shape index (κ1) is 22.6. The minimum atomic E-state index is -3.67. The highest BCUT2D eigenvalue weighted by Crippen LogP contribution is 2.29. The van der Waals surface area contributed by atoms with Gasteiger partial charge in [-0.2, -0.15) is 8.78 Å². The summed E-state index contributed by atoms with van der Waals surface area (Å²) in [6.07, 6.45) is 0.352. The van der Waals surface area contributed by atoms with Gasteiger partial charge in [-0.05, 0) is 42.3 Å². The molecule has 0 heterocycles. The Kier molecular flexibility index (Phi) is 7.91. The van der Waals surface area contributed by atoms with Crippen LogP contribution in [0.1, 0.15) is 22.8 Å². The van der Waals surface area contributed by atoms with Gasteiger partial charge in [0, 0.05) is 18.7 Å². The van der Waals surface area contributed by atoms with Gasteiger partial charge in [0.1, 0.15) is 0 Å². The number of hydrogen-bond acceptors (Lipinski definition) is 5. The van der Waals surface area contributed by atoms with Crippen molar-refractivity contribution >= 4 is 15.9 Å². The monoisotopic (exact) mass is 428 g/mol. The van der Waals surface area contributed by atoms with Crippen LogP contribution in [0.3, 0.4) is 0 Å². The van der Waals surface area contributed by atoms with Crippen molar-refractivity contribution < 1.29 is 31.5 Å². The first-order valence-corrected chi connectivity index (χ1v) is 10.2. The summed E-state index contributed by atoms with van der Waals surface area (Å²) in [6, 6.07) is 10.3. The van der Waals surface area contributed by atoms with Gasteiger partial charge in [-0.25, -0.2) is 13.1 Å². The predicted octanol–water partition coefficient (Wildman–Crippen LogP) is 2.57. The number of alkyl halides is 2. The molecule has 158 valence electrons. The number of ether oxygens (including phenoxy) is 2. The highest BCUT2D eigenvalue weighted by Gasteiger charge is 2.15. The van der Waals surface area contributed by atoms with Crippen LogP contribution in [0.15, 0.2) is 47.4 Å². The molecule has 29 heavy (non-hydrogen) atoms. The molecule has 2 rings (SSSR count). The predicted molar refractivity (Wildman–Crippen MR) is 103 cm³/mol. The van der Waals surface area contributed by atoms with Gasteiger partial charge >= 0.3 is 6.61 Å². The minimum Gasteiger partial charge on any atom is -0.493 e. The fourth-order valence-electron chi connectivity index (χ4n) is 2.56. The Morgan fingerprint density at radius 2 is 1.90 bits per heavy atom. The molecule has 2 aromatic rings. The van der Waals surface area contributed by atoms with E-state index in [1.54, 1.807) is 13.0 Å². The largest absolute Gasteiger partial charge is 0.493 e. The smallest absolute Gasteiger partial charge is 0.387 e. The van der Waals surface area contributed by atoms with Crippen LogP contribution >= 0.6 is 0 Å². The van der Waals surface area contributed by atoms with Crippen molar-refractivity contribution in [2.75, 3.05) is 20.2 Å². The zero-order chi connectivity index (χ0) is 21.4. The maximum atomic E-state index is 12.5. The summed E-state index contributed by atoms with van der Waals surface area (Å²) >= 11 is 0. The van der Waals surface area contributed by atoms with Gasteiger partial charge in [-0.3, -0.25) is 4.79 Å². The zero-order valence-corrected chi connectivity index (χ0v) is 16.8. The molecule has 2 N–H and O–H groups in total. The van der Waals surface area contributed by atoms with Gasteiger partial charge in [-0.15, -0.1) is 0 Å². The quantitative estimate of drug-likeness (QED) is 0.607. The second-order valence-corrected chi connectivity index (χ2v) is 7.67. The third kappa shape index (κ3) is 6.40. The number of carbonyl (C=O) groups is 1. The lowest BCUT2D eigenvalue weighted by Crippen LogP contribution is -2.27. The lowest BCUT2D eigenvalue weighted by molar-refractivity contribution is -0.0512. The van der Waals surface area contributed by atoms with E-state index in [9.17, 15) is 22.0 Å². The Bertz CT molecular complexity index is 951. The van der Waals surface area contributed by atoms with E-state index in [0.717, 1.165) is 0 Å². The SMILES string of the molecule is CCNS(=O)(=O)c1cccc(C(=O)NCCc2ccc(OC)c(OC(F)F)c2)c1. The van der Waals surface area contributed by atoms with Crippen molar-refractivity contribution in [3.05, 3.63) is 53.6 Å². The molecule has 0 fully saturated rings. The molecule has 10 heteroatoms. The van der Waals surface area contributed by atoms with Crippen molar-refractivity contribution in [1.82, 2.24) is 10.0 Å². The summed E-state index contributed by atoms with van der Waals surface area (Å²) in [5, 5.41) is 2.67. The Hall–Kier alpha value is -2.72. The van der Waals surface area contributed by atoms with Gasteiger partial charge in [0.05, 0.1) is 12.0 Å². The topological polar surface area (TPSA) is 93.7 Å². The normalized spacial score (nSPS) is 11.3. The summed E-state index contributed by atoms with van der Waals surface area (Å²) in [6.45, 7) is -0.878. The molecule has 0 atom stereocenters. The number of benzene rings is 2. The highest BCUT2D eigenvalue weighted by atomic mass is 32.2. The Morgan fingerprint density at radius 3 is 2.55 bits per heavy atom. The number of rotatable bonds is 10. The van der Waals surface area contributed by atoms with Crippen molar-refractivity contribution in [1.29, 1.82) is 0 Å². The number of hydrogen-bond donors (Lipinski definition) is 2. The number of methoxy groups -OCH3 is 1. The molecule has 0 aliphatic rings. The Balaban J connectivity index is 2.02. The number of carbonyl (C=O) groups excluding carboxylic acids is 1. The second kappa shape index (κ2) is 10.2. The maximum absolute atomic E-state index is 12.5. The molecule has 7 nitrogen and oxygen atoms in total. The van der Waals surface area contributed by atoms with E-state index >= 15 is 0 Å². The van der Waals surface area contributed by atoms with Crippen LogP contribution in [0.5, 0.6) is 11.5 Å². The van der Waals surface area contributed by atoms with Crippen LogP contribution in [0.4, 0.5) is 8.78 Å². The lowest BCUT2D eigenvalue weighted by Gasteiger charge is -2.12. The molecule has 0 spiro atoms. The fraction of sp³-hybridized carbons (Fsp3) is 0.316. The average molecular weight is 428 g/mol. The standard InChI is InChI=1S/C19H22F2N2O5S/c1-3-23-29(25,26)15-6-4-5-14(12-15)18(24)22-10-9-13-7-8-16(27-2)17(11-13)28-19(20)21/h4-8,11-12,19,23H,3,9-10H2,1-2H3,(H,22,24). The fourth-order valence-corrected chi connectivity index (χ4v) is 3.65. The molecule has 0 unspecified atom stereocenters. The van der Waals surface area contributed by atoms with Crippen molar-refractivity contribution in [2.45, 2.75) is 24.9 Å². The average Bonchev–Trinajstić information content (AvgIpc) is 2.68. The number of nitrogens with one attached hydrogen (secondary N) is 2. The number of sulfonamides is 1. The molecular weight excluding hydrogens is 406 g/mol. The van der Waals surface area contributed by atoms with Crippen LogP contribution in [0.25, 0.3) is 0 Å². The molecule has 0 bridgehead atoms. The molecule has 0 saturated carbocycles. The summed E-state index contributed by atoms with van der Waals surface area (Å²) in [4.78, 5) is 12.3. The first-order chi connectivity index (χ1) is 13.8. The van der Waals surface area contributed by atoms with E-state index in [1.165, 1.54) is 43.5 Å². The van der Waals surface area contributed by atoms with Crippen molar-refractivity contribution in [3.8, 4) is 11.5 Å². The molecule has 0 saturated heterocycles. The van der Waals surface area contributed by atoms with Crippen LogP contribution < -0.4 is 19.5 Å². The minimum absolute atomic E-state index is 0.00376. The van der Waals surface area contributed by atoms with Gasteiger partial charge in [-0.1, -0.05) is 19.1 Å². The third-order valence-electron chi connectivity index (χ3n) is 3.88. The van der Waals surface area contributed by atoms with Crippen LogP contribution in [0.2, 0.25) is 0 Å². The second-order valence-electron chi connectivity index (χ2n) is 5.90. The molecule has 2 aromatic carbocycles. The van der Waals surface area contributed by atoms with Crippen molar-refractivity contribution in [2.24, 2.45) is 0 Å². The first-order valence-electron chi connectivity index (χ1n) is 8.76. The van der Waals surface area contributed by atoms with Gasteiger partial charge in [0.25, 0.3) is 5.91 Å². The Morgan fingerprint density at radius 1 is 1.14 bits per heavy atom. The number of amides is 1. The summed E-state index contributed by atoms with van der Waals surface area (Å²) in [5.41, 5.74) is 0.852. The molecule has 0 aliphatic heterocycles. The summed E-state index contributed by atoms with van der Waals surface area (Å²) < 4.78 is 60.9. The third-order valence-corrected chi connectivity index (χ3v) is 5.43. The van der Waals surface area contributed by atoms with Gasteiger partial charge in [0.2, 0.25) is 10.0 Å². The molecule has 1 amide bonds. The molecule has 0 aromatic heterocycles. The zero-order valence-electron chi connectivity index (χ0n) is 15.9. The van der Waals surface area contributed by atoms with E-state index in [-0.39, 0.29) is 35.0 Å². The van der Waals surface area contributed by atoms with E-state index in [1.807, 2.05) is 0 Å². The molecular formula is C19H22F2N2O5S. The van der Waals surface area contributed by atoms with Crippen molar-refractivity contribution in [3.63, 3.8) is 0 Å². The van der Waals surface area contributed by atoms with E-state index < -0.39 is 22.5 Å². The summed E-state index contributed by atoms with van der Waals surface area (Å²) in [5.74, 6) is -0.361. The maximum Gasteiger partial charge on any atom is 0.387 e. The van der Waals surface area contributed by atoms with Crippen LogP contribution in [-0.4, -0.2) is 41.1 Å². The van der Waals surface area contributed by atoms with Crippen LogP contribution in [0, 0.1) is 0 Å².